The smallest absolute Gasteiger partial charge is 0.147 e. The lowest BCUT2D eigenvalue weighted by Gasteiger charge is -2.27. The number of hydrogen-bond acceptors (Lipinski definition) is 5. The maximum Gasteiger partial charge on any atom is 0.147 e. The largest absolute Gasteiger partial charge is 0.348 e. The summed E-state index contributed by atoms with van der Waals surface area (Å²) in [5.74, 6) is 0.937. The van der Waals surface area contributed by atoms with Gasteiger partial charge in [0, 0.05) is 23.5 Å². The summed E-state index contributed by atoms with van der Waals surface area (Å²) in [5, 5.41) is 5.47. The maximum absolute atomic E-state index is 4.59. The van der Waals surface area contributed by atoms with E-state index in [0.717, 1.165) is 24.6 Å². The van der Waals surface area contributed by atoms with E-state index < -0.39 is 0 Å². The molecule has 0 atom stereocenters. The third-order valence-electron chi connectivity index (χ3n) is 3.21. The second-order valence-electron chi connectivity index (χ2n) is 5.70. The van der Waals surface area contributed by atoms with Crippen molar-refractivity contribution < 1.29 is 0 Å². The third-order valence-corrected chi connectivity index (χ3v) is 4.07. The van der Waals surface area contributed by atoms with Gasteiger partial charge in [0.05, 0.1) is 24.6 Å². The van der Waals surface area contributed by atoms with Crippen molar-refractivity contribution in [2.45, 2.75) is 52.9 Å². The van der Waals surface area contributed by atoms with Crippen molar-refractivity contribution in [3.8, 4) is 0 Å². The van der Waals surface area contributed by atoms with E-state index in [1.165, 1.54) is 4.88 Å². The summed E-state index contributed by atoms with van der Waals surface area (Å²) in [4.78, 5) is 12.7. The monoisotopic (exact) mass is 304 g/mol. The van der Waals surface area contributed by atoms with Crippen LogP contribution in [0.4, 0.5) is 5.82 Å². The first kappa shape index (κ1) is 15.9. The zero-order valence-electron chi connectivity index (χ0n) is 13.2. The molecule has 2 rings (SSSR count). The first-order valence-electron chi connectivity index (χ1n) is 7.39. The van der Waals surface area contributed by atoms with E-state index >= 15 is 0 Å². The highest BCUT2D eigenvalue weighted by atomic mass is 32.1. The Kier molecular flexibility index (Phi) is 5.70. The Labute approximate surface area is 131 Å². The van der Waals surface area contributed by atoms with E-state index in [1.807, 2.05) is 12.4 Å². The molecule has 0 spiro atoms. The highest BCUT2D eigenvalue weighted by molar-refractivity contribution is 7.09. The van der Waals surface area contributed by atoms with Gasteiger partial charge in [0.15, 0.2) is 0 Å². The van der Waals surface area contributed by atoms with Crippen molar-refractivity contribution in [3.05, 3.63) is 40.5 Å². The molecular weight excluding hydrogens is 280 g/mol. The predicted octanol–water partition coefficient (Wildman–Crippen LogP) is 3.45. The Morgan fingerprint density at radius 2 is 2.00 bits per heavy atom. The molecule has 0 saturated carbocycles. The van der Waals surface area contributed by atoms with Crippen LogP contribution in [0.3, 0.4) is 0 Å². The molecule has 4 nitrogen and oxygen atoms in total. The van der Waals surface area contributed by atoms with Crippen molar-refractivity contribution in [1.29, 1.82) is 0 Å². The second-order valence-corrected chi connectivity index (χ2v) is 6.73. The molecule has 114 valence electrons. The molecule has 0 unspecified atom stereocenters. The number of thiophene rings is 1. The highest BCUT2D eigenvalue weighted by Gasteiger charge is 2.13. The summed E-state index contributed by atoms with van der Waals surface area (Å²) < 4.78 is 0. The molecule has 0 aromatic carbocycles. The summed E-state index contributed by atoms with van der Waals surface area (Å²) in [5.41, 5.74) is 0.979. The second kappa shape index (κ2) is 7.52. The van der Waals surface area contributed by atoms with Crippen LogP contribution in [0.1, 0.15) is 38.3 Å². The fourth-order valence-electron chi connectivity index (χ4n) is 1.99. The molecule has 0 aliphatic carbocycles. The molecule has 2 aromatic rings. The minimum atomic E-state index is 0.390. The van der Waals surface area contributed by atoms with Gasteiger partial charge in [-0.1, -0.05) is 19.9 Å². The highest BCUT2D eigenvalue weighted by Crippen LogP contribution is 2.19. The van der Waals surface area contributed by atoms with E-state index in [1.54, 1.807) is 11.3 Å². The van der Waals surface area contributed by atoms with Crippen molar-refractivity contribution in [1.82, 2.24) is 15.3 Å². The summed E-state index contributed by atoms with van der Waals surface area (Å²) in [6, 6.07) is 5.10. The van der Waals surface area contributed by atoms with Crippen LogP contribution in [0.15, 0.2) is 29.9 Å². The van der Waals surface area contributed by atoms with Crippen LogP contribution >= 0.6 is 11.3 Å². The van der Waals surface area contributed by atoms with Crippen molar-refractivity contribution >= 4 is 17.2 Å². The van der Waals surface area contributed by atoms with Gasteiger partial charge in [-0.05, 0) is 25.3 Å². The van der Waals surface area contributed by atoms with E-state index in [2.05, 4.69) is 65.4 Å². The molecule has 21 heavy (non-hydrogen) atoms. The van der Waals surface area contributed by atoms with Gasteiger partial charge in [-0.2, -0.15) is 0 Å². The average molecular weight is 304 g/mol. The number of hydrogen-bond donors (Lipinski definition) is 1. The van der Waals surface area contributed by atoms with E-state index in [9.17, 15) is 0 Å². The Bertz CT molecular complexity index is 520. The number of nitrogens with one attached hydrogen (secondary N) is 1. The number of rotatable bonds is 7. The molecule has 2 heterocycles. The molecule has 0 aliphatic heterocycles. The molecule has 0 bridgehead atoms. The van der Waals surface area contributed by atoms with Crippen LogP contribution in [0.2, 0.25) is 0 Å². The minimum Gasteiger partial charge on any atom is -0.348 e. The van der Waals surface area contributed by atoms with Crippen molar-refractivity contribution in [2.75, 3.05) is 4.90 Å². The normalized spacial score (nSPS) is 11.3. The Balaban J connectivity index is 2.06. The van der Waals surface area contributed by atoms with Gasteiger partial charge < -0.3 is 10.2 Å². The van der Waals surface area contributed by atoms with Gasteiger partial charge in [-0.15, -0.1) is 11.3 Å². The predicted molar refractivity (Wildman–Crippen MR) is 89.6 cm³/mol. The third kappa shape index (κ3) is 4.79. The number of aromatic nitrogens is 2. The first-order chi connectivity index (χ1) is 10.1. The van der Waals surface area contributed by atoms with Crippen molar-refractivity contribution in [3.63, 3.8) is 0 Å². The van der Waals surface area contributed by atoms with Crippen LogP contribution in [0, 0.1) is 0 Å². The Hall–Kier alpha value is -1.46. The molecule has 1 N–H and O–H groups in total. The van der Waals surface area contributed by atoms with E-state index in [-0.39, 0.29) is 0 Å². The lowest BCUT2D eigenvalue weighted by atomic mass is 10.3. The van der Waals surface area contributed by atoms with Gasteiger partial charge in [0.1, 0.15) is 5.82 Å². The number of nitrogens with zero attached hydrogens (tertiary/aromatic N) is 3. The molecule has 0 radical (unpaired) electrons. The van der Waals surface area contributed by atoms with Gasteiger partial charge in [0.25, 0.3) is 0 Å². The molecule has 2 aromatic heterocycles. The molecule has 0 amide bonds. The first-order valence-corrected chi connectivity index (χ1v) is 8.27. The van der Waals surface area contributed by atoms with Crippen LogP contribution in [-0.2, 0) is 13.1 Å². The van der Waals surface area contributed by atoms with Gasteiger partial charge in [-0.3, -0.25) is 4.98 Å². The van der Waals surface area contributed by atoms with Crippen LogP contribution in [0.5, 0.6) is 0 Å². The lowest BCUT2D eigenvalue weighted by Crippen LogP contribution is -2.31. The summed E-state index contributed by atoms with van der Waals surface area (Å²) >= 11 is 1.78. The zero-order valence-corrected chi connectivity index (χ0v) is 14.0. The average Bonchev–Trinajstić information content (AvgIpc) is 2.96. The van der Waals surface area contributed by atoms with Gasteiger partial charge in [-0.25, -0.2) is 4.98 Å². The standard InChI is InChI=1S/C16H24N4S/c1-12(2)17-8-14-9-19-16(10-18-14)20(13(3)4)11-15-6-5-7-21-15/h5-7,9-10,12-13,17H,8,11H2,1-4H3. The summed E-state index contributed by atoms with van der Waals surface area (Å²) in [6.45, 7) is 10.3. The minimum absolute atomic E-state index is 0.390. The van der Waals surface area contributed by atoms with Crippen molar-refractivity contribution in [2.24, 2.45) is 0 Å². The quantitative estimate of drug-likeness (QED) is 0.850. The van der Waals surface area contributed by atoms with E-state index in [4.69, 9.17) is 0 Å². The molecule has 5 heteroatoms. The summed E-state index contributed by atoms with van der Waals surface area (Å²) in [7, 11) is 0. The van der Waals surface area contributed by atoms with Gasteiger partial charge >= 0.3 is 0 Å². The molecule has 0 aliphatic rings. The fraction of sp³-hybridized carbons (Fsp3) is 0.500. The SMILES string of the molecule is CC(C)NCc1cnc(N(Cc2cccs2)C(C)C)cn1. The van der Waals surface area contributed by atoms with Crippen LogP contribution in [-0.4, -0.2) is 22.1 Å². The Morgan fingerprint density at radius 3 is 2.52 bits per heavy atom. The zero-order chi connectivity index (χ0) is 15.2. The maximum atomic E-state index is 4.59. The topological polar surface area (TPSA) is 41.1 Å². The summed E-state index contributed by atoms with van der Waals surface area (Å²) in [6.07, 6.45) is 3.75. The van der Waals surface area contributed by atoms with Crippen LogP contribution < -0.4 is 10.2 Å². The molecular formula is C16H24N4S. The van der Waals surface area contributed by atoms with Gasteiger partial charge in [0.2, 0.25) is 0 Å². The molecule has 0 saturated heterocycles. The molecule has 0 fully saturated rings. The fourth-order valence-corrected chi connectivity index (χ4v) is 2.70. The van der Waals surface area contributed by atoms with E-state index in [0.29, 0.717) is 12.1 Å². The Morgan fingerprint density at radius 1 is 1.19 bits per heavy atom. The lowest BCUT2D eigenvalue weighted by molar-refractivity contribution is 0.579. The number of anilines is 1. The van der Waals surface area contributed by atoms with Crippen LogP contribution in [0.25, 0.3) is 0 Å².